The van der Waals surface area contributed by atoms with E-state index in [4.69, 9.17) is 29.2 Å². The van der Waals surface area contributed by atoms with E-state index in [-0.39, 0.29) is 19.5 Å². The van der Waals surface area contributed by atoms with Gasteiger partial charge in [-0.1, -0.05) is 0 Å². The number of rotatable bonds is 11. The summed E-state index contributed by atoms with van der Waals surface area (Å²) in [5.74, 6) is 0. The lowest BCUT2D eigenvalue weighted by molar-refractivity contribution is -0.123. The molecular formula is C14H34O7. The maximum atomic E-state index is 8.26. The third kappa shape index (κ3) is 38.3. The van der Waals surface area contributed by atoms with Crippen molar-refractivity contribution >= 4 is 0 Å². The summed E-state index contributed by atoms with van der Waals surface area (Å²) < 4.78 is 24.1. The Bertz CT molecular complexity index is 133. The van der Waals surface area contributed by atoms with Crippen LogP contribution in [0.3, 0.4) is 0 Å². The molecule has 2 N–H and O–H groups in total. The van der Waals surface area contributed by atoms with E-state index in [0.29, 0.717) is 26.4 Å². The Kier molecular flexibility index (Phi) is 34.2. The number of aliphatic hydroxyl groups excluding tert-OH is 2. The van der Waals surface area contributed by atoms with Crippen molar-refractivity contribution in [3.63, 3.8) is 0 Å². The molecule has 0 aliphatic carbocycles. The minimum absolute atomic E-state index is 0.0370. The average Bonchev–Trinajstić information content (AvgIpc) is 2.45. The zero-order valence-corrected chi connectivity index (χ0v) is 14.2. The summed E-state index contributed by atoms with van der Waals surface area (Å²) >= 11 is 0. The van der Waals surface area contributed by atoms with E-state index in [1.54, 1.807) is 14.2 Å². The smallest absolute Gasteiger partial charge is 0.154 e. The fourth-order valence-electron chi connectivity index (χ4n) is 0.969. The lowest BCUT2D eigenvalue weighted by atomic mass is 10.7. The van der Waals surface area contributed by atoms with E-state index in [0.717, 1.165) is 13.2 Å². The van der Waals surface area contributed by atoms with Gasteiger partial charge < -0.3 is 33.9 Å². The first-order valence-corrected chi connectivity index (χ1v) is 7.14. The summed E-state index contributed by atoms with van der Waals surface area (Å²) in [7, 11) is 3.25. The number of methoxy groups -OCH3 is 1. The molecule has 0 rings (SSSR count). The maximum Gasteiger partial charge on any atom is 0.154 e. The minimum atomic E-state index is -0.0370. The molecule has 0 atom stereocenters. The number of hydrogen-bond acceptors (Lipinski definition) is 7. The van der Waals surface area contributed by atoms with E-state index in [1.807, 2.05) is 20.8 Å². The summed E-state index contributed by atoms with van der Waals surface area (Å²) in [6.45, 7) is 8.98. The van der Waals surface area contributed by atoms with E-state index < -0.39 is 0 Å². The summed E-state index contributed by atoms with van der Waals surface area (Å²) in [4.78, 5) is 0. The molecule has 0 aromatic rings. The fraction of sp³-hybridized carbons (Fsp3) is 1.00. The summed E-state index contributed by atoms with van der Waals surface area (Å²) in [5, 5.41) is 16.5. The van der Waals surface area contributed by atoms with Gasteiger partial charge in [-0.05, 0) is 20.8 Å². The molecule has 0 amide bonds. The second kappa shape index (κ2) is 28.0. The van der Waals surface area contributed by atoms with Crippen LogP contribution in [-0.2, 0) is 23.7 Å². The van der Waals surface area contributed by atoms with E-state index in [9.17, 15) is 0 Å². The number of ether oxygens (including phenoxy) is 5. The maximum absolute atomic E-state index is 8.26. The van der Waals surface area contributed by atoms with Crippen LogP contribution in [0, 0.1) is 0 Å². The van der Waals surface area contributed by atoms with E-state index in [2.05, 4.69) is 4.74 Å². The molecule has 132 valence electrons. The van der Waals surface area contributed by atoms with Crippen molar-refractivity contribution in [1.29, 1.82) is 0 Å². The Morgan fingerprint density at radius 1 is 0.762 bits per heavy atom. The Hall–Kier alpha value is -0.280. The SMILES string of the molecule is CCOC(C)OCC.COC.OCCOCCOCCO. The zero-order valence-electron chi connectivity index (χ0n) is 14.2. The molecule has 0 bridgehead atoms. The Morgan fingerprint density at radius 2 is 1.10 bits per heavy atom. The normalized spacial score (nSPS) is 9.71. The molecule has 0 saturated heterocycles. The predicted octanol–water partition coefficient (Wildman–Crippen LogP) is 0.672. The highest BCUT2D eigenvalue weighted by molar-refractivity contribution is 4.30. The van der Waals surface area contributed by atoms with E-state index in [1.165, 1.54) is 0 Å². The van der Waals surface area contributed by atoms with Gasteiger partial charge in [0.25, 0.3) is 0 Å². The fourth-order valence-corrected chi connectivity index (χ4v) is 0.969. The minimum Gasteiger partial charge on any atom is -0.394 e. The zero-order chi connectivity index (χ0) is 16.8. The molecule has 0 radical (unpaired) electrons. The Balaban J connectivity index is -0.000000264. The molecule has 0 unspecified atom stereocenters. The van der Waals surface area contributed by atoms with Crippen molar-refractivity contribution in [3.05, 3.63) is 0 Å². The van der Waals surface area contributed by atoms with Crippen LogP contribution in [0.15, 0.2) is 0 Å². The lowest BCUT2D eigenvalue weighted by Crippen LogP contribution is -2.11. The Labute approximate surface area is 129 Å². The lowest BCUT2D eigenvalue weighted by Gasteiger charge is -2.09. The van der Waals surface area contributed by atoms with Crippen LogP contribution in [-0.4, -0.2) is 83.6 Å². The summed E-state index contributed by atoms with van der Waals surface area (Å²) in [6.07, 6.45) is -0.0370. The second-order valence-corrected chi connectivity index (χ2v) is 3.56. The highest BCUT2D eigenvalue weighted by Crippen LogP contribution is 1.90. The van der Waals surface area contributed by atoms with Crippen LogP contribution < -0.4 is 0 Å². The van der Waals surface area contributed by atoms with Gasteiger partial charge in [-0.25, -0.2) is 0 Å². The molecule has 0 aliphatic heterocycles. The Morgan fingerprint density at radius 3 is 1.33 bits per heavy atom. The highest BCUT2D eigenvalue weighted by Gasteiger charge is 1.94. The number of hydrogen-bond donors (Lipinski definition) is 2. The molecule has 0 aromatic carbocycles. The molecule has 7 nitrogen and oxygen atoms in total. The molecule has 0 heterocycles. The van der Waals surface area contributed by atoms with E-state index >= 15 is 0 Å². The first-order chi connectivity index (χ1) is 10.1. The summed E-state index contributed by atoms with van der Waals surface area (Å²) in [6, 6.07) is 0. The van der Waals surface area contributed by atoms with Gasteiger partial charge in [-0.15, -0.1) is 0 Å². The second-order valence-electron chi connectivity index (χ2n) is 3.56. The van der Waals surface area contributed by atoms with Crippen molar-refractivity contribution in [1.82, 2.24) is 0 Å². The topological polar surface area (TPSA) is 86.6 Å². The average molecular weight is 314 g/mol. The third-order valence-electron chi connectivity index (χ3n) is 1.65. The van der Waals surface area contributed by atoms with Crippen molar-refractivity contribution in [2.24, 2.45) is 0 Å². The van der Waals surface area contributed by atoms with Crippen LogP contribution in [0.2, 0.25) is 0 Å². The highest BCUT2D eigenvalue weighted by atomic mass is 16.7. The van der Waals surface area contributed by atoms with Crippen LogP contribution in [0.5, 0.6) is 0 Å². The van der Waals surface area contributed by atoms with Gasteiger partial charge in [0.15, 0.2) is 6.29 Å². The van der Waals surface area contributed by atoms with Crippen molar-refractivity contribution in [2.45, 2.75) is 27.1 Å². The standard InChI is InChI=1S/C6H14O4.C6H14O2.C2H6O/c7-1-3-9-5-6-10-4-2-8;1-4-7-6(3)8-5-2;1-3-2/h7-8H,1-6H2;6H,4-5H2,1-3H3;1-2H3. The van der Waals surface area contributed by atoms with Gasteiger partial charge in [0.2, 0.25) is 0 Å². The number of aliphatic hydroxyl groups is 2. The predicted molar refractivity (Wildman–Crippen MR) is 81.5 cm³/mol. The summed E-state index contributed by atoms with van der Waals surface area (Å²) in [5.41, 5.74) is 0. The van der Waals surface area contributed by atoms with Crippen molar-refractivity contribution in [3.8, 4) is 0 Å². The van der Waals surface area contributed by atoms with Gasteiger partial charge in [0.05, 0.1) is 39.6 Å². The van der Waals surface area contributed by atoms with Crippen molar-refractivity contribution < 1.29 is 33.9 Å². The van der Waals surface area contributed by atoms with Gasteiger partial charge in [-0.3, -0.25) is 0 Å². The molecule has 0 spiro atoms. The molecule has 0 fully saturated rings. The van der Waals surface area contributed by atoms with Crippen molar-refractivity contribution in [2.75, 3.05) is 67.1 Å². The monoisotopic (exact) mass is 314 g/mol. The first kappa shape index (κ1) is 25.7. The quantitative estimate of drug-likeness (QED) is 0.428. The van der Waals surface area contributed by atoms with Gasteiger partial charge >= 0.3 is 0 Å². The van der Waals surface area contributed by atoms with Gasteiger partial charge in [0, 0.05) is 27.4 Å². The molecule has 21 heavy (non-hydrogen) atoms. The molecule has 7 heteroatoms. The van der Waals surface area contributed by atoms with Crippen LogP contribution in [0.4, 0.5) is 0 Å². The first-order valence-electron chi connectivity index (χ1n) is 7.14. The van der Waals surface area contributed by atoms with Gasteiger partial charge in [-0.2, -0.15) is 0 Å². The molecule has 0 aromatic heterocycles. The molecule has 0 aliphatic rings. The molecule has 0 saturated carbocycles. The van der Waals surface area contributed by atoms with Crippen LogP contribution in [0.1, 0.15) is 20.8 Å². The van der Waals surface area contributed by atoms with Crippen LogP contribution >= 0.6 is 0 Å². The molecular weight excluding hydrogens is 280 g/mol. The largest absolute Gasteiger partial charge is 0.394 e. The van der Waals surface area contributed by atoms with Gasteiger partial charge in [0.1, 0.15) is 0 Å². The van der Waals surface area contributed by atoms with Crippen LogP contribution in [0.25, 0.3) is 0 Å². The third-order valence-corrected chi connectivity index (χ3v) is 1.65.